The lowest BCUT2D eigenvalue weighted by Gasteiger charge is -2.32. The summed E-state index contributed by atoms with van der Waals surface area (Å²) in [7, 11) is 1.68. The fourth-order valence-corrected chi connectivity index (χ4v) is 2.75. The number of hydrogen-bond acceptors (Lipinski definition) is 4. The highest BCUT2D eigenvalue weighted by molar-refractivity contribution is 9.10. The molecule has 2 aliphatic heterocycles. The normalized spacial score (nSPS) is 33.6. The first-order chi connectivity index (χ1) is 9.26. The number of fused-ring (bicyclic) bond motifs is 2. The SMILES string of the molecule is CO[C@@H]1C[C@H](OCc2ccc(Br)cc2)[C@H]2CO[C@@H]1O2. The maximum atomic E-state index is 5.97. The van der Waals surface area contributed by atoms with Gasteiger partial charge in [0.25, 0.3) is 0 Å². The van der Waals surface area contributed by atoms with Crippen molar-refractivity contribution in [2.45, 2.75) is 37.6 Å². The molecule has 2 fully saturated rings. The van der Waals surface area contributed by atoms with E-state index in [2.05, 4.69) is 28.1 Å². The highest BCUT2D eigenvalue weighted by Crippen LogP contribution is 2.31. The van der Waals surface area contributed by atoms with Gasteiger partial charge in [0.15, 0.2) is 6.29 Å². The van der Waals surface area contributed by atoms with Gasteiger partial charge in [-0.15, -0.1) is 0 Å². The van der Waals surface area contributed by atoms with Crippen molar-refractivity contribution in [3.8, 4) is 0 Å². The fourth-order valence-electron chi connectivity index (χ4n) is 2.49. The van der Waals surface area contributed by atoms with E-state index in [9.17, 15) is 0 Å². The van der Waals surface area contributed by atoms with E-state index in [1.54, 1.807) is 7.11 Å². The molecule has 0 aliphatic carbocycles. The summed E-state index contributed by atoms with van der Waals surface area (Å²) in [5.74, 6) is 0. The Balaban J connectivity index is 1.58. The molecule has 19 heavy (non-hydrogen) atoms. The van der Waals surface area contributed by atoms with Gasteiger partial charge >= 0.3 is 0 Å². The molecule has 104 valence electrons. The van der Waals surface area contributed by atoms with Crippen LogP contribution < -0.4 is 0 Å². The molecule has 0 N–H and O–H groups in total. The van der Waals surface area contributed by atoms with Crippen LogP contribution in [0.2, 0.25) is 0 Å². The van der Waals surface area contributed by atoms with Crippen LogP contribution in [0.1, 0.15) is 12.0 Å². The van der Waals surface area contributed by atoms with E-state index in [-0.39, 0.29) is 24.6 Å². The molecule has 2 heterocycles. The Morgan fingerprint density at radius 2 is 2.05 bits per heavy atom. The van der Waals surface area contributed by atoms with Gasteiger partial charge in [0, 0.05) is 18.0 Å². The topological polar surface area (TPSA) is 36.9 Å². The molecule has 0 radical (unpaired) electrons. The molecule has 5 heteroatoms. The Labute approximate surface area is 121 Å². The van der Waals surface area contributed by atoms with Gasteiger partial charge in [-0.1, -0.05) is 28.1 Å². The minimum atomic E-state index is -0.220. The molecule has 4 nitrogen and oxygen atoms in total. The first kappa shape index (κ1) is 13.5. The zero-order chi connectivity index (χ0) is 13.2. The predicted molar refractivity (Wildman–Crippen MR) is 72.7 cm³/mol. The van der Waals surface area contributed by atoms with Crippen LogP contribution in [-0.4, -0.2) is 38.3 Å². The molecule has 0 spiro atoms. The van der Waals surface area contributed by atoms with E-state index < -0.39 is 0 Å². The molecule has 0 aromatic heterocycles. The van der Waals surface area contributed by atoms with E-state index in [0.29, 0.717) is 13.2 Å². The zero-order valence-corrected chi connectivity index (χ0v) is 12.3. The van der Waals surface area contributed by atoms with Crippen molar-refractivity contribution in [3.63, 3.8) is 0 Å². The van der Waals surface area contributed by atoms with Crippen LogP contribution in [0.15, 0.2) is 28.7 Å². The van der Waals surface area contributed by atoms with Crippen molar-refractivity contribution in [2.75, 3.05) is 13.7 Å². The second kappa shape index (κ2) is 5.89. The van der Waals surface area contributed by atoms with Crippen LogP contribution in [0, 0.1) is 0 Å². The molecule has 2 bridgehead atoms. The van der Waals surface area contributed by atoms with Crippen LogP contribution in [-0.2, 0) is 25.6 Å². The van der Waals surface area contributed by atoms with E-state index in [0.717, 1.165) is 16.5 Å². The first-order valence-electron chi connectivity index (χ1n) is 6.42. The number of hydrogen-bond donors (Lipinski definition) is 0. The highest BCUT2D eigenvalue weighted by Gasteiger charge is 2.44. The van der Waals surface area contributed by atoms with Crippen molar-refractivity contribution < 1.29 is 18.9 Å². The van der Waals surface area contributed by atoms with Crippen LogP contribution >= 0.6 is 15.9 Å². The van der Waals surface area contributed by atoms with E-state index >= 15 is 0 Å². The molecular weight excluding hydrogens is 312 g/mol. The maximum Gasteiger partial charge on any atom is 0.184 e. The van der Waals surface area contributed by atoms with Crippen molar-refractivity contribution in [3.05, 3.63) is 34.3 Å². The molecule has 1 aromatic carbocycles. The summed E-state index contributed by atoms with van der Waals surface area (Å²) in [5, 5.41) is 0. The van der Waals surface area contributed by atoms with Crippen LogP contribution in [0.5, 0.6) is 0 Å². The van der Waals surface area contributed by atoms with Crippen LogP contribution in [0.4, 0.5) is 0 Å². The standard InChI is InChI=1S/C14H17BrO4/c1-16-12-6-11(13-8-18-14(12)19-13)17-7-9-2-4-10(15)5-3-9/h2-5,11-14H,6-8H2,1H3/t11-,12+,13+,14+/m0/s1. The summed E-state index contributed by atoms with van der Waals surface area (Å²) < 4.78 is 23.7. The Kier molecular flexibility index (Phi) is 4.19. The third-order valence-corrected chi connectivity index (χ3v) is 4.13. The van der Waals surface area contributed by atoms with Gasteiger partial charge in [-0.2, -0.15) is 0 Å². The van der Waals surface area contributed by atoms with Gasteiger partial charge < -0.3 is 18.9 Å². The number of ether oxygens (including phenoxy) is 4. The summed E-state index contributed by atoms with van der Waals surface area (Å²) in [6.45, 7) is 1.18. The lowest BCUT2D eigenvalue weighted by atomic mass is 10.0. The third-order valence-electron chi connectivity index (χ3n) is 3.60. The van der Waals surface area contributed by atoms with Gasteiger partial charge in [0.05, 0.1) is 19.3 Å². The number of rotatable bonds is 4. The summed E-state index contributed by atoms with van der Waals surface area (Å²) in [5.41, 5.74) is 1.15. The van der Waals surface area contributed by atoms with Crippen LogP contribution in [0.25, 0.3) is 0 Å². The number of benzene rings is 1. The predicted octanol–water partition coefficient (Wildman–Crippen LogP) is 2.49. The van der Waals surface area contributed by atoms with Crippen molar-refractivity contribution in [1.82, 2.24) is 0 Å². The van der Waals surface area contributed by atoms with E-state index in [1.807, 2.05) is 12.1 Å². The molecule has 2 aliphatic rings. The lowest BCUT2D eigenvalue weighted by Crippen LogP contribution is -2.44. The quantitative estimate of drug-likeness (QED) is 0.851. The monoisotopic (exact) mass is 328 g/mol. The largest absolute Gasteiger partial charge is 0.376 e. The highest BCUT2D eigenvalue weighted by atomic mass is 79.9. The molecule has 0 amide bonds. The average molecular weight is 329 g/mol. The summed E-state index contributed by atoms with van der Waals surface area (Å²) in [6, 6.07) is 8.14. The first-order valence-corrected chi connectivity index (χ1v) is 7.21. The Hall–Kier alpha value is -0.460. The van der Waals surface area contributed by atoms with E-state index in [4.69, 9.17) is 18.9 Å². The van der Waals surface area contributed by atoms with Gasteiger partial charge in [-0.25, -0.2) is 0 Å². The number of halogens is 1. The third kappa shape index (κ3) is 3.01. The Morgan fingerprint density at radius 1 is 1.26 bits per heavy atom. The van der Waals surface area contributed by atoms with Gasteiger partial charge in [-0.05, 0) is 17.7 Å². The smallest absolute Gasteiger partial charge is 0.184 e. The van der Waals surface area contributed by atoms with Crippen molar-refractivity contribution >= 4 is 15.9 Å². The molecule has 0 saturated carbocycles. The summed E-state index contributed by atoms with van der Waals surface area (Å²) in [4.78, 5) is 0. The minimum Gasteiger partial charge on any atom is -0.376 e. The molecular formula is C14H17BrO4. The second-order valence-corrected chi connectivity index (χ2v) is 5.78. The maximum absolute atomic E-state index is 5.97. The molecule has 4 atom stereocenters. The second-order valence-electron chi connectivity index (χ2n) is 4.86. The Morgan fingerprint density at radius 3 is 2.79 bits per heavy atom. The molecule has 0 unspecified atom stereocenters. The average Bonchev–Trinajstić information content (AvgIpc) is 2.85. The van der Waals surface area contributed by atoms with E-state index in [1.165, 1.54) is 0 Å². The number of methoxy groups -OCH3 is 1. The fraction of sp³-hybridized carbons (Fsp3) is 0.571. The van der Waals surface area contributed by atoms with Crippen molar-refractivity contribution in [2.24, 2.45) is 0 Å². The molecule has 1 aromatic rings. The van der Waals surface area contributed by atoms with Crippen LogP contribution in [0.3, 0.4) is 0 Å². The molecule has 2 saturated heterocycles. The van der Waals surface area contributed by atoms with Gasteiger partial charge in [-0.3, -0.25) is 0 Å². The van der Waals surface area contributed by atoms with Gasteiger partial charge in [0.1, 0.15) is 12.2 Å². The zero-order valence-electron chi connectivity index (χ0n) is 10.8. The Bertz CT molecular complexity index is 422. The van der Waals surface area contributed by atoms with Crippen molar-refractivity contribution in [1.29, 1.82) is 0 Å². The minimum absolute atomic E-state index is 0.0336. The summed E-state index contributed by atoms with van der Waals surface area (Å²) in [6.07, 6.45) is 0.637. The molecule has 3 rings (SSSR count). The summed E-state index contributed by atoms with van der Waals surface area (Å²) >= 11 is 3.42. The van der Waals surface area contributed by atoms with Gasteiger partial charge in [0.2, 0.25) is 0 Å². The lowest BCUT2D eigenvalue weighted by molar-refractivity contribution is -0.200.